The summed E-state index contributed by atoms with van der Waals surface area (Å²) in [7, 11) is 0. The maximum absolute atomic E-state index is 12.9. The molecule has 0 bridgehead atoms. The van der Waals surface area contributed by atoms with Gasteiger partial charge in [0.15, 0.2) is 6.10 Å². The van der Waals surface area contributed by atoms with E-state index in [2.05, 4.69) is 12.2 Å². The first kappa shape index (κ1) is 20.7. The summed E-state index contributed by atoms with van der Waals surface area (Å²) in [6, 6.07) is 15.1. The van der Waals surface area contributed by atoms with Gasteiger partial charge in [0, 0.05) is 17.3 Å². The van der Waals surface area contributed by atoms with Crippen molar-refractivity contribution in [3.05, 3.63) is 59.1 Å². The zero-order valence-electron chi connectivity index (χ0n) is 16.7. The number of amides is 1. The van der Waals surface area contributed by atoms with Gasteiger partial charge in [-0.2, -0.15) is 0 Å². The molecule has 0 aliphatic carbocycles. The molecular formula is C23H29ClN2O2. The summed E-state index contributed by atoms with van der Waals surface area (Å²) < 4.78 is 6.03. The molecule has 2 aromatic carbocycles. The first-order valence-corrected chi connectivity index (χ1v) is 10.5. The highest BCUT2D eigenvalue weighted by atomic mass is 35.5. The third-order valence-electron chi connectivity index (χ3n) is 5.17. The van der Waals surface area contributed by atoms with Crippen molar-refractivity contribution in [2.24, 2.45) is 0 Å². The SMILES string of the molecule is CCCCCCNC[C@@H]1[C@H](Oc2ccc(Cl)cc2)C(=O)N1c1ccccc1C. The highest BCUT2D eigenvalue weighted by Gasteiger charge is 2.50. The van der Waals surface area contributed by atoms with Crippen LogP contribution in [-0.2, 0) is 4.79 Å². The van der Waals surface area contributed by atoms with E-state index in [-0.39, 0.29) is 11.9 Å². The molecule has 1 aliphatic rings. The molecule has 2 aromatic rings. The van der Waals surface area contributed by atoms with Gasteiger partial charge in [-0.25, -0.2) is 0 Å². The van der Waals surface area contributed by atoms with E-state index >= 15 is 0 Å². The number of benzene rings is 2. The summed E-state index contributed by atoms with van der Waals surface area (Å²) in [5.74, 6) is 0.669. The first-order chi connectivity index (χ1) is 13.6. The number of β-lactam (4-membered cyclic amide) rings is 1. The van der Waals surface area contributed by atoms with Gasteiger partial charge in [0.05, 0.1) is 6.04 Å². The number of aryl methyl sites for hydroxylation is 1. The maximum atomic E-state index is 12.9. The standard InChI is InChI=1S/C23H29ClN2O2/c1-3-4-5-8-15-25-16-21-22(28-19-13-11-18(24)12-14-19)23(27)26(21)20-10-7-6-9-17(20)2/h6-7,9-14,21-22,25H,3-5,8,15-16H2,1-2H3/t21-,22+/m1/s1. The van der Waals surface area contributed by atoms with E-state index in [1.807, 2.05) is 36.1 Å². The summed E-state index contributed by atoms with van der Waals surface area (Å²) in [5.41, 5.74) is 2.05. The second-order valence-corrected chi connectivity index (χ2v) is 7.76. The number of hydrogen-bond donors (Lipinski definition) is 1. The highest BCUT2D eigenvalue weighted by Crippen LogP contribution is 2.33. The van der Waals surface area contributed by atoms with Crippen LogP contribution in [0.25, 0.3) is 0 Å². The lowest BCUT2D eigenvalue weighted by molar-refractivity contribution is -0.134. The van der Waals surface area contributed by atoms with E-state index in [1.54, 1.807) is 24.3 Å². The number of anilines is 1. The molecule has 1 N–H and O–H groups in total. The minimum atomic E-state index is -0.482. The molecule has 3 rings (SSSR count). The monoisotopic (exact) mass is 400 g/mol. The number of halogens is 1. The fourth-order valence-corrected chi connectivity index (χ4v) is 3.69. The van der Waals surface area contributed by atoms with Gasteiger partial charge < -0.3 is 15.0 Å². The molecule has 5 heteroatoms. The number of para-hydroxylation sites is 1. The van der Waals surface area contributed by atoms with E-state index in [1.165, 1.54) is 19.3 Å². The molecule has 0 saturated carbocycles. The molecule has 1 aliphatic heterocycles. The Morgan fingerprint density at radius 3 is 2.54 bits per heavy atom. The molecule has 150 valence electrons. The van der Waals surface area contributed by atoms with E-state index < -0.39 is 6.10 Å². The van der Waals surface area contributed by atoms with Crippen LogP contribution in [0.4, 0.5) is 5.69 Å². The van der Waals surface area contributed by atoms with E-state index in [9.17, 15) is 4.79 Å². The van der Waals surface area contributed by atoms with Crippen molar-refractivity contribution in [1.82, 2.24) is 5.32 Å². The summed E-state index contributed by atoms with van der Waals surface area (Å²) in [4.78, 5) is 14.8. The molecule has 4 nitrogen and oxygen atoms in total. The van der Waals surface area contributed by atoms with Crippen LogP contribution in [0.5, 0.6) is 5.75 Å². The molecule has 1 amide bonds. The van der Waals surface area contributed by atoms with E-state index in [0.29, 0.717) is 17.3 Å². The Bertz CT molecular complexity index is 778. The van der Waals surface area contributed by atoms with Crippen LogP contribution in [0.15, 0.2) is 48.5 Å². The Balaban J connectivity index is 1.68. The molecule has 1 heterocycles. The van der Waals surface area contributed by atoms with Crippen LogP contribution in [0.3, 0.4) is 0 Å². The van der Waals surface area contributed by atoms with Crippen LogP contribution in [0.2, 0.25) is 5.02 Å². The van der Waals surface area contributed by atoms with Gasteiger partial charge in [-0.15, -0.1) is 0 Å². The summed E-state index contributed by atoms with van der Waals surface area (Å²) in [6.07, 6.45) is 4.40. The predicted octanol–water partition coefficient (Wildman–Crippen LogP) is 4.98. The van der Waals surface area contributed by atoms with E-state index in [4.69, 9.17) is 16.3 Å². The fraction of sp³-hybridized carbons (Fsp3) is 0.435. The molecule has 1 saturated heterocycles. The number of nitrogens with one attached hydrogen (secondary N) is 1. The Morgan fingerprint density at radius 1 is 1.07 bits per heavy atom. The average molecular weight is 401 g/mol. The van der Waals surface area contributed by atoms with Crippen molar-refractivity contribution in [3.8, 4) is 5.75 Å². The third-order valence-corrected chi connectivity index (χ3v) is 5.43. The molecular weight excluding hydrogens is 372 g/mol. The molecule has 0 radical (unpaired) electrons. The van der Waals surface area contributed by atoms with Crippen molar-refractivity contribution in [1.29, 1.82) is 0 Å². The molecule has 28 heavy (non-hydrogen) atoms. The normalized spacial score (nSPS) is 18.8. The van der Waals surface area contributed by atoms with Gasteiger partial charge in [0.2, 0.25) is 0 Å². The Morgan fingerprint density at radius 2 is 1.82 bits per heavy atom. The number of ether oxygens (including phenoxy) is 1. The number of hydrogen-bond acceptors (Lipinski definition) is 3. The highest BCUT2D eigenvalue weighted by molar-refractivity contribution is 6.30. The Hall–Kier alpha value is -2.04. The van der Waals surface area contributed by atoms with Crippen LogP contribution in [0.1, 0.15) is 38.2 Å². The minimum Gasteiger partial charge on any atom is -0.478 e. The molecule has 0 aromatic heterocycles. The number of carbonyl (C=O) groups is 1. The molecule has 1 fully saturated rings. The van der Waals surface area contributed by atoms with Gasteiger partial charge in [0.25, 0.3) is 5.91 Å². The maximum Gasteiger partial charge on any atom is 0.270 e. The van der Waals surface area contributed by atoms with Crippen molar-refractivity contribution < 1.29 is 9.53 Å². The molecule has 2 atom stereocenters. The zero-order chi connectivity index (χ0) is 19.9. The lowest BCUT2D eigenvalue weighted by Gasteiger charge is -2.47. The third kappa shape index (κ3) is 4.86. The smallest absolute Gasteiger partial charge is 0.270 e. The van der Waals surface area contributed by atoms with Crippen LogP contribution in [0, 0.1) is 6.92 Å². The zero-order valence-corrected chi connectivity index (χ0v) is 17.4. The average Bonchev–Trinajstić information content (AvgIpc) is 2.70. The lowest BCUT2D eigenvalue weighted by atomic mass is 9.95. The largest absolute Gasteiger partial charge is 0.478 e. The predicted molar refractivity (Wildman–Crippen MR) is 115 cm³/mol. The van der Waals surface area contributed by atoms with Crippen molar-refractivity contribution in [2.75, 3.05) is 18.0 Å². The molecule has 0 spiro atoms. The Labute approximate surface area is 172 Å². The summed E-state index contributed by atoms with van der Waals surface area (Å²) in [5, 5.41) is 4.17. The van der Waals surface area contributed by atoms with Crippen LogP contribution in [-0.4, -0.2) is 31.1 Å². The van der Waals surface area contributed by atoms with Crippen LogP contribution >= 0.6 is 11.6 Å². The van der Waals surface area contributed by atoms with Gasteiger partial charge in [0.1, 0.15) is 5.75 Å². The summed E-state index contributed by atoms with van der Waals surface area (Å²) >= 11 is 5.95. The van der Waals surface area contributed by atoms with Crippen LogP contribution < -0.4 is 15.0 Å². The van der Waals surface area contributed by atoms with Crippen molar-refractivity contribution >= 4 is 23.2 Å². The minimum absolute atomic E-state index is 0.00188. The van der Waals surface area contributed by atoms with E-state index in [0.717, 1.165) is 24.2 Å². The number of rotatable bonds is 10. The van der Waals surface area contributed by atoms with Gasteiger partial charge in [-0.1, -0.05) is 56.0 Å². The number of unbranched alkanes of at least 4 members (excludes halogenated alkanes) is 3. The van der Waals surface area contributed by atoms with Crippen molar-refractivity contribution in [2.45, 2.75) is 51.7 Å². The second-order valence-electron chi connectivity index (χ2n) is 7.32. The molecule has 0 unspecified atom stereocenters. The fourth-order valence-electron chi connectivity index (χ4n) is 3.56. The van der Waals surface area contributed by atoms with Gasteiger partial charge >= 0.3 is 0 Å². The topological polar surface area (TPSA) is 41.6 Å². The lowest BCUT2D eigenvalue weighted by Crippen LogP contribution is -2.70. The number of nitrogens with zero attached hydrogens (tertiary/aromatic N) is 1. The Kier molecular flexibility index (Phi) is 7.35. The summed E-state index contributed by atoms with van der Waals surface area (Å²) in [6.45, 7) is 5.92. The first-order valence-electron chi connectivity index (χ1n) is 10.1. The van der Waals surface area contributed by atoms with Crippen molar-refractivity contribution in [3.63, 3.8) is 0 Å². The van der Waals surface area contributed by atoms with Gasteiger partial charge in [-0.3, -0.25) is 4.79 Å². The number of carbonyl (C=O) groups excluding carboxylic acids is 1. The van der Waals surface area contributed by atoms with Gasteiger partial charge in [-0.05, 0) is 55.8 Å². The second kappa shape index (κ2) is 9.94. The quantitative estimate of drug-likeness (QED) is 0.451.